The van der Waals surface area contributed by atoms with Crippen molar-refractivity contribution in [3.8, 4) is 11.5 Å². The number of nitrogens with zero attached hydrogens (tertiary/aromatic N) is 1. The molecule has 0 aliphatic heterocycles. The predicted octanol–water partition coefficient (Wildman–Crippen LogP) is 6.22. The number of carbonyl (C=O) groups is 1. The molecule has 2 atom stereocenters. The molecule has 3 aromatic rings. The smallest absolute Gasteiger partial charge is 0.243 e. The van der Waals surface area contributed by atoms with Crippen LogP contribution in [0.15, 0.2) is 77.9 Å². The van der Waals surface area contributed by atoms with Crippen LogP contribution in [0.2, 0.25) is 0 Å². The molecule has 5 heteroatoms. The van der Waals surface area contributed by atoms with E-state index in [1.54, 1.807) is 6.21 Å². The van der Waals surface area contributed by atoms with Crippen LogP contribution in [0, 0.1) is 5.92 Å². The average Bonchev–Trinajstić information content (AvgIpc) is 3.65. The molecular weight excluding hydrogens is 436 g/mol. The number of carbonyl (C=O) groups excluding carboxylic acids is 1. The van der Waals surface area contributed by atoms with Crippen molar-refractivity contribution in [3.63, 3.8) is 0 Å². The molecule has 1 N–H and O–H groups in total. The number of hydrogen-bond donors (Lipinski definition) is 1. The monoisotopic (exact) mass is 470 g/mol. The lowest BCUT2D eigenvalue weighted by molar-refractivity contribution is -0.122. The van der Waals surface area contributed by atoms with E-state index >= 15 is 0 Å². The Kier molecular flexibility index (Phi) is 7.54. The fourth-order valence-electron chi connectivity index (χ4n) is 4.06. The molecule has 0 heterocycles. The lowest BCUT2D eigenvalue weighted by Gasteiger charge is -2.19. The number of rotatable bonds is 9. The molecule has 4 rings (SSSR count). The first kappa shape index (κ1) is 24.5. The summed E-state index contributed by atoms with van der Waals surface area (Å²) in [6.45, 7) is 9.54. The Morgan fingerprint density at radius 1 is 1.00 bits per heavy atom. The second-order valence-corrected chi connectivity index (χ2v) is 9.97. The summed E-state index contributed by atoms with van der Waals surface area (Å²) in [7, 11) is 0. The zero-order valence-corrected chi connectivity index (χ0v) is 21.0. The van der Waals surface area contributed by atoms with E-state index < -0.39 is 0 Å². The van der Waals surface area contributed by atoms with Crippen LogP contribution < -0.4 is 14.9 Å². The summed E-state index contributed by atoms with van der Waals surface area (Å²) in [5.41, 5.74) is 7.26. The normalized spacial score (nSPS) is 17.3. The minimum absolute atomic E-state index is 0.0274. The number of benzene rings is 3. The molecule has 5 nitrogen and oxygen atoms in total. The maximum Gasteiger partial charge on any atom is 0.243 e. The van der Waals surface area contributed by atoms with E-state index in [0.717, 1.165) is 17.5 Å². The van der Waals surface area contributed by atoms with Crippen LogP contribution in [-0.2, 0) is 16.8 Å². The largest absolute Gasteiger partial charge is 0.490 e. The molecule has 1 saturated carbocycles. The van der Waals surface area contributed by atoms with Gasteiger partial charge in [0.2, 0.25) is 5.91 Å². The molecule has 1 aliphatic rings. The van der Waals surface area contributed by atoms with Crippen molar-refractivity contribution < 1.29 is 14.3 Å². The molecule has 0 saturated heterocycles. The summed E-state index contributed by atoms with van der Waals surface area (Å²) < 4.78 is 11.7. The first-order chi connectivity index (χ1) is 16.8. The van der Waals surface area contributed by atoms with Crippen LogP contribution in [0.25, 0.3) is 0 Å². The van der Waals surface area contributed by atoms with Gasteiger partial charge in [-0.1, -0.05) is 75.4 Å². The van der Waals surface area contributed by atoms with E-state index in [4.69, 9.17) is 9.47 Å². The fraction of sp³-hybridized carbons (Fsp3) is 0.333. The summed E-state index contributed by atoms with van der Waals surface area (Å²) >= 11 is 0. The molecule has 35 heavy (non-hydrogen) atoms. The van der Waals surface area contributed by atoms with Crippen LogP contribution in [0.1, 0.15) is 62.3 Å². The summed E-state index contributed by atoms with van der Waals surface area (Å²) in [6, 6.07) is 24.3. The summed E-state index contributed by atoms with van der Waals surface area (Å²) in [5.74, 6) is 1.53. The first-order valence-corrected chi connectivity index (χ1v) is 12.2. The number of nitrogens with one attached hydrogen (secondary N) is 1. The molecule has 0 radical (unpaired) electrons. The molecular formula is C30H34N2O3. The lowest BCUT2D eigenvalue weighted by Crippen LogP contribution is -2.20. The van der Waals surface area contributed by atoms with Crippen LogP contribution in [0.3, 0.4) is 0 Å². The first-order valence-electron chi connectivity index (χ1n) is 12.2. The van der Waals surface area contributed by atoms with Crippen molar-refractivity contribution in [3.05, 3.63) is 95.1 Å². The van der Waals surface area contributed by atoms with E-state index in [1.165, 1.54) is 11.1 Å². The fourth-order valence-corrected chi connectivity index (χ4v) is 4.06. The number of hydrazone groups is 1. The molecule has 182 valence electrons. The van der Waals surface area contributed by atoms with Crippen LogP contribution in [0.4, 0.5) is 0 Å². The molecule has 2 unspecified atom stereocenters. The Hall–Kier alpha value is -3.60. The third-order valence-electron chi connectivity index (χ3n) is 6.23. The standard InChI is InChI=1S/C30H34N2O3/c1-5-34-28-17-22(11-16-27(28)35-20-21-9-7-6-8-10-21)19-31-32-29(33)26-18-25(26)23-12-14-24(15-13-23)30(2,3)4/h6-17,19,25-26H,5,18,20H2,1-4H3,(H,32,33)/b31-19-. The minimum atomic E-state index is -0.0426. The maximum absolute atomic E-state index is 12.6. The summed E-state index contributed by atoms with van der Waals surface area (Å²) in [5, 5.41) is 4.18. The summed E-state index contributed by atoms with van der Waals surface area (Å²) in [6.07, 6.45) is 2.50. The predicted molar refractivity (Wildman–Crippen MR) is 140 cm³/mol. The van der Waals surface area contributed by atoms with E-state index in [0.29, 0.717) is 24.7 Å². The third-order valence-corrected chi connectivity index (χ3v) is 6.23. The van der Waals surface area contributed by atoms with Gasteiger partial charge in [-0.3, -0.25) is 4.79 Å². The second kappa shape index (κ2) is 10.8. The Morgan fingerprint density at radius 3 is 2.43 bits per heavy atom. The maximum atomic E-state index is 12.6. The Labute approximate surface area is 208 Å². The molecule has 0 aromatic heterocycles. The molecule has 0 bridgehead atoms. The van der Waals surface area contributed by atoms with E-state index in [1.807, 2.05) is 55.5 Å². The SMILES string of the molecule is CCOc1cc(/C=N\NC(=O)C2CC2c2ccc(C(C)(C)C)cc2)ccc1OCc1ccccc1. The average molecular weight is 471 g/mol. The van der Waals surface area contributed by atoms with Crippen molar-refractivity contribution >= 4 is 12.1 Å². The van der Waals surface area contributed by atoms with Gasteiger partial charge < -0.3 is 9.47 Å². The van der Waals surface area contributed by atoms with Gasteiger partial charge in [0.15, 0.2) is 11.5 Å². The molecule has 1 fully saturated rings. The van der Waals surface area contributed by atoms with Crippen molar-refractivity contribution in [1.82, 2.24) is 5.43 Å². The van der Waals surface area contributed by atoms with E-state index in [9.17, 15) is 4.79 Å². The molecule has 1 aliphatic carbocycles. The van der Waals surface area contributed by atoms with Gasteiger partial charge in [-0.25, -0.2) is 5.43 Å². The van der Waals surface area contributed by atoms with Gasteiger partial charge in [0.25, 0.3) is 0 Å². The molecule has 3 aromatic carbocycles. The number of ether oxygens (including phenoxy) is 2. The zero-order chi connectivity index (χ0) is 24.8. The third kappa shape index (κ3) is 6.50. The highest BCUT2D eigenvalue weighted by atomic mass is 16.5. The lowest BCUT2D eigenvalue weighted by atomic mass is 9.86. The van der Waals surface area contributed by atoms with Crippen molar-refractivity contribution in [2.75, 3.05) is 6.61 Å². The van der Waals surface area contributed by atoms with Gasteiger partial charge >= 0.3 is 0 Å². The van der Waals surface area contributed by atoms with Crippen LogP contribution in [0.5, 0.6) is 11.5 Å². The van der Waals surface area contributed by atoms with Crippen molar-refractivity contribution in [2.45, 2.75) is 52.1 Å². The van der Waals surface area contributed by atoms with Gasteiger partial charge in [0, 0.05) is 5.92 Å². The Morgan fingerprint density at radius 2 is 1.74 bits per heavy atom. The highest BCUT2D eigenvalue weighted by Gasteiger charge is 2.44. The van der Waals surface area contributed by atoms with Crippen molar-refractivity contribution in [2.24, 2.45) is 11.0 Å². The molecule has 0 spiro atoms. The quantitative estimate of drug-likeness (QED) is 0.298. The molecule has 1 amide bonds. The van der Waals surface area contributed by atoms with E-state index in [2.05, 4.69) is 55.6 Å². The topological polar surface area (TPSA) is 59.9 Å². The minimum Gasteiger partial charge on any atom is -0.490 e. The van der Waals surface area contributed by atoms with Gasteiger partial charge in [0.05, 0.1) is 12.8 Å². The van der Waals surface area contributed by atoms with Gasteiger partial charge in [-0.2, -0.15) is 5.10 Å². The summed E-state index contributed by atoms with van der Waals surface area (Å²) in [4.78, 5) is 12.6. The van der Waals surface area contributed by atoms with Crippen LogP contribution >= 0.6 is 0 Å². The number of hydrogen-bond acceptors (Lipinski definition) is 4. The van der Waals surface area contributed by atoms with Crippen LogP contribution in [-0.4, -0.2) is 18.7 Å². The van der Waals surface area contributed by atoms with E-state index in [-0.39, 0.29) is 23.2 Å². The van der Waals surface area contributed by atoms with Gasteiger partial charge in [-0.15, -0.1) is 0 Å². The Balaban J connectivity index is 1.32. The number of amides is 1. The second-order valence-electron chi connectivity index (χ2n) is 9.97. The highest BCUT2D eigenvalue weighted by Crippen LogP contribution is 2.47. The zero-order valence-electron chi connectivity index (χ0n) is 21.0. The van der Waals surface area contributed by atoms with Gasteiger partial charge in [-0.05, 0) is 65.1 Å². The van der Waals surface area contributed by atoms with Crippen molar-refractivity contribution in [1.29, 1.82) is 0 Å². The Bertz CT molecular complexity index is 1160. The highest BCUT2D eigenvalue weighted by molar-refractivity contribution is 5.86. The van der Waals surface area contributed by atoms with Gasteiger partial charge in [0.1, 0.15) is 6.61 Å².